The second kappa shape index (κ2) is 5.96. The lowest BCUT2D eigenvalue weighted by molar-refractivity contribution is 0.427. The van der Waals surface area contributed by atoms with Crippen LogP contribution in [0, 0.1) is 13.8 Å². The summed E-state index contributed by atoms with van der Waals surface area (Å²) in [6, 6.07) is -0.580. The van der Waals surface area contributed by atoms with Crippen LogP contribution in [0.3, 0.4) is 0 Å². The van der Waals surface area contributed by atoms with Crippen molar-refractivity contribution >= 4 is 10.0 Å². The molecule has 0 aliphatic rings. The second-order valence-corrected chi connectivity index (χ2v) is 6.44. The molecule has 0 saturated heterocycles. The predicted molar refractivity (Wildman–Crippen MR) is 76.1 cm³/mol. The summed E-state index contributed by atoms with van der Waals surface area (Å²) in [5.74, 6) is 0.945. The van der Waals surface area contributed by atoms with Gasteiger partial charge in [-0.1, -0.05) is 0 Å². The van der Waals surface area contributed by atoms with Gasteiger partial charge in [0.2, 0.25) is 5.89 Å². The molecule has 2 rings (SSSR count). The summed E-state index contributed by atoms with van der Waals surface area (Å²) in [4.78, 5) is 4.02. The molecule has 21 heavy (non-hydrogen) atoms. The number of aromatic nitrogens is 3. The van der Waals surface area contributed by atoms with Crippen molar-refractivity contribution in [2.45, 2.75) is 38.4 Å². The summed E-state index contributed by atoms with van der Waals surface area (Å²) >= 11 is 0. The van der Waals surface area contributed by atoms with Gasteiger partial charge in [0.1, 0.15) is 5.76 Å². The molecule has 9 heteroatoms. The Labute approximate surface area is 123 Å². The third-order valence-electron chi connectivity index (χ3n) is 2.99. The summed E-state index contributed by atoms with van der Waals surface area (Å²) in [7, 11) is -2.02. The zero-order chi connectivity index (χ0) is 15.6. The first-order valence-electron chi connectivity index (χ1n) is 6.48. The summed E-state index contributed by atoms with van der Waals surface area (Å²) in [6.07, 6.45) is 1.55. The van der Waals surface area contributed by atoms with Gasteiger partial charge >= 0.3 is 0 Å². The molecule has 0 aromatic carbocycles. The van der Waals surface area contributed by atoms with E-state index in [4.69, 9.17) is 4.42 Å². The van der Waals surface area contributed by atoms with Gasteiger partial charge in [0, 0.05) is 17.8 Å². The molecule has 1 unspecified atom stereocenters. The Bertz CT molecular complexity index is 719. The predicted octanol–water partition coefficient (Wildman–Crippen LogP) is 0.773. The Morgan fingerprint density at radius 1 is 1.43 bits per heavy atom. The maximum Gasteiger partial charge on any atom is 0.260 e. The zero-order valence-corrected chi connectivity index (χ0v) is 13.2. The number of aryl methyl sites for hydroxylation is 2. The fraction of sp³-hybridized carbons (Fsp3) is 0.500. The minimum Gasteiger partial charge on any atom is -0.444 e. The second-order valence-electron chi connectivity index (χ2n) is 4.81. The van der Waals surface area contributed by atoms with E-state index in [0.717, 1.165) is 0 Å². The Hall–Kier alpha value is -1.71. The molecule has 2 aromatic rings. The Kier molecular flexibility index (Phi) is 4.45. The fourth-order valence-corrected chi connectivity index (χ4v) is 3.34. The van der Waals surface area contributed by atoms with E-state index in [0.29, 0.717) is 29.5 Å². The molecule has 1 atom stereocenters. The van der Waals surface area contributed by atoms with Crippen LogP contribution in [-0.2, 0) is 16.6 Å². The molecule has 0 saturated carbocycles. The van der Waals surface area contributed by atoms with E-state index in [9.17, 15) is 8.42 Å². The number of nitrogens with zero attached hydrogens (tertiary/aromatic N) is 2. The van der Waals surface area contributed by atoms with Gasteiger partial charge in [0.25, 0.3) is 10.0 Å². The van der Waals surface area contributed by atoms with Gasteiger partial charge in [0.05, 0.1) is 12.2 Å². The molecular weight excluding hydrogens is 294 g/mol. The number of H-pyrrole nitrogens is 1. The highest BCUT2D eigenvalue weighted by Crippen LogP contribution is 2.19. The Balaban J connectivity index is 2.26. The highest BCUT2D eigenvalue weighted by molar-refractivity contribution is 7.89. The van der Waals surface area contributed by atoms with E-state index in [-0.39, 0.29) is 5.03 Å². The monoisotopic (exact) mass is 313 g/mol. The molecule has 0 bridgehead atoms. The summed E-state index contributed by atoms with van der Waals surface area (Å²) in [5.41, 5.74) is 1.32. The topological polar surface area (TPSA) is 113 Å². The van der Waals surface area contributed by atoms with E-state index in [1.54, 1.807) is 34.0 Å². The van der Waals surface area contributed by atoms with Crippen LogP contribution in [0.25, 0.3) is 0 Å². The molecule has 2 aromatic heterocycles. The third kappa shape index (κ3) is 3.31. The van der Waals surface area contributed by atoms with E-state index < -0.39 is 16.1 Å². The van der Waals surface area contributed by atoms with Gasteiger partial charge in [-0.25, -0.2) is 13.4 Å². The van der Waals surface area contributed by atoms with Crippen molar-refractivity contribution in [3.63, 3.8) is 0 Å². The molecule has 0 fully saturated rings. The van der Waals surface area contributed by atoms with E-state index in [2.05, 4.69) is 25.2 Å². The standard InChI is InChI=1S/C12H19N5O3S/c1-7-5-14-11(20-7)9(3)17-21(18,19)12-10(6-13-4)8(2)15-16-12/h5,9,13,17H,6H2,1-4H3,(H,15,16). The minimum atomic E-state index is -3.76. The molecule has 0 spiro atoms. The van der Waals surface area contributed by atoms with Crippen molar-refractivity contribution in [2.24, 2.45) is 0 Å². The molecule has 0 amide bonds. The molecule has 2 heterocycles. The van der Waals surface area contributed by atoms with Gasteiger partial charge in [-0.3, -0.25) is 5.10 Å². The van der Waals surface area contributed by atoms with Gasteiger partial charge in [-0.15, -0.1) is 0 Å². The van der Waals surface area contributed by atoms with E-state index >= 15 is 0 Å². The van der Waals surface area contributed by atoms with Crippen LogP contribution in [0.1, 0.15) is 35.9 Å². The van der Waals surface area contributed by atoms with Gasteiger partial charge in [-0.05, 0) is 27.8 Å². The summed E-state index contributed by atoms with van der Waals surface area (Å²) in [6.45, 7) is 5.60. The smallest absolute Gasteiger partial charge is 0.260 e. The van der Waals surface area contributed by atoms with Crippen LogP contribution in [0.2, 0.25) is 0 Å². The zero-order valence-electron chi connectivity index (χ0n) is 12.4. The molecule has 0 aliphatic carbocycles. The van der Waals surface area contributed by atoms with Gasteiger partial charge in [0.15, 0.2) is 5.03 Å². The van der Waals surface area contributed by atoms with Crippen LogP contribution in [-0.4, -0.2) is 30.6 Å². The highest BCUT2D eigenvalue weighted by atomic mass is 32.2. The lowest BCUT2D eigenvalue weighted by atomic mass is 10.3. The first-order valence-corrected chi connectivity index (χ1v) is 7.96. The normalized spacial score (nSPS) is 13.5. The number of sulfonamides is 1. The SMILES string of the molecule is CNCc1c(S(=O)(=O)NC(C)c2ncc(C)o2)n[nH]c1C. The molecule has 3 N–H and O–H groups in total. The number of hydrogen-bond acceptors (Lipinski definition) is 6. The summed E-state index contributed by atoms with van der Waals surface area (Å²) < 4.78 is 32.7. The summed E-state index contributed by atoms with van der Waals surface area (Å²) in [5, 5.41) is 9.51. The van der Waals surface area contributed by atoms with Crippen LogP contribution >= 0.6 is 0 Å². The van der Waals surface area contributed by atoms with Gasteiger partial charge in [-0.2, -0.15) is 9.82 Å². The molecule has 8 nitrogen and oxygen atoms in total. The van der Waals surface area contributed by atoms with Crippen molar-refractivity contribution in [1.29, 1.82) is 0 Å². The Morgan fingerprint density at radius 2 is 2.14 bits per heavy atom. The van der Waals surface area contributed by atoms with Crippen LogP contribution in [0.4, 0.5) is 0 Å². The van der Waals surface area contributed by atoms with Gasteiger partial charge < -0.3 is 9.73 Å². The lowest BCUT2D eigenvalue weighted by Gasteiger charge is -2.11. The van der Waals surface area contributed by atoms with Crippen molar-refractivity contribution < 1.29 is 12.8 Å². The van der Waals surface area contributed by atoms with Crippen molar-refractivity contribution in [1.82, 2.24) is 25.2 Å². The van der Waals surface area contributed by atoms with Crippen LogP contribution in [0.15, 0.2) is 15.6 Å². The largest absolute Gasteiger partial charge is 0.444 e. The average Bonchev–Trinajstić information content (AvgIpc) is 2.97. The molecular formula is C12H19N5O3S. The number of nitrogens with one attached hydrogen (secondary N) is 3. The quantitative estimate of drug-likeness (QED) is 0.726. The van der Waals surface area contributed by atoms with E-state index in [1.165, 1.54) is 0 Å². The molecule has 0 radical (unpaired) electrons. The number of rotatable bonds is 6. The van der Waals surface area contributed by atoms with Crippen LogP contribution in [0.5, 0.6) is 0 Å². The Morgan fingerprint density at radius 3 is 2.71 bits per heavy atom. The first-order chi connectivity index (χ1) is 9.85. The first kappa shape index (κ1) is 15.7. The minimum absolute atomic E-state index is 0.00974. The molecule has 0 aliphatic heterocycles. The number of hydrogen-bond donors (Lipinski definition) is 3. The highest BCUT2D eigenvalue weighted by Gasteiger charge is 2.27. The van der Waals surface area contributed by atoms with E-state index in [1.807, 2.05) is 0 Å². The van der Waals surface area contributed by atoms with Crippen LogP contribution < -0.4 is 10.0 Å². The average molecular weight is 313 g/mol. The van der Waals surface area contributed by atoms with Crippen molar-refractivity contribution in [2.75, 3.05) is 7.05 Å². The molecule has 116 valence electrons. The number of oxazole rings is 1. The lowest BCUT2D eigenvalue weighted by Crippen LogP contribution is -2.28. The van der Waals surface area contributed by atoms with Crippen molar-refractivity contribution in [3.05, 3.63) is 29.1 Å². The number of aromatic amines is 1. The van der Waals surface area contributed by atoms with Crippen molar-refractivity contribution in [3.8, 4) is 0 Å². The maximum absolute atomic E-state index is 12.4. The maximum atomic E-state index is 12.4. The fourth-order valence-electron chi connectivity index (χ4n) is 1.95. The third-order valence-corrected chi connectivity index (χ3v) is 4.50.